The van der Waals surface area contributed by atoms with Gasteiger partial charge in [0.1, 0.15) is 5.75 Å². The molecule has 1 N–H and O–H groups in total. The summed E-state index contributed by atoms with van der Waals surface area (Å²) in [6, 6.07) is 6.46. The van der Waals surface area contributed by atoms with Crippen LogP contribution in [0.5, 0.6) is 5.75 Å². The molecule has 0 aliphatic carbocycles. The smallest absolute Gasteiger partial charge is 0.179 e. The van der Waals surface area contributed by atoms with E-state index in [4.69, 9.17) is 4.74 Å². The third-order valence-corrected chi connectivity index (χ3v) is 5.06. The first-order chi connectivity index (χ1) is 9.20. The first-order valence-electron chi connectivity index (χ1n) is 6.81. The first-order valence-corrected chi connectivity index (χ1v) is 8.46. The zero-order valence-corrected chi connectivity index (χ0v) is 13.8. The fourth-order valence-corrected chi connectivity index (χ4v) is 3.76. The molecule has 0 saturated carbocycles. The summed E-state index contributed by atoms with van der Waals surface area (Å²) in [6.07, 6.45) is 0. The molecular formula is C15H25NO3S. The van der Waals surface area contributed by atoms with Crippen molar-refractivity contribution in [1.82, 2.24) is 5.32 Å². The predicted octanol–water partition coefficient (Wildman–Crippen LogP) is 2.49. The largest absolute Gasteiger partial charge is 0.497 e. The molecule has 1 atom stereocenters. The van der Waals surface area contributed by atoms with Crippen LogP contribution >= 0.6 is 0 Å². The Bertz CT molecular complexity index is 515. The lowest BCUT2D eigenvalue weighted by molar-refractivity contribution is 0.292. The number of hydrogen-bond acceptors (Lipinski definition) is 4. The van der Waals surface area contributed by atoms with E-state index < -0.39 is 9.84 Å². The second-order valence-electron chi connectivity index (χ2n) is 5.93. The number of methoxy groups -OCH3 is 1. The summed E-state index contributed by atoms with van der Waals surface area (Å²) >= 11 is 0. The summed E-state index contributed by atoms with van der Waals surface area (Å²) < 4.78 is 30.0. The highest BCUT2D eigenvalue weighted by Gasteiger charge is 2.29. The quantitative estimate of drug-likeness (QED) is 0.877. The minimum atomic E-state index is -3.31. The van der Waals surface area contributed by atoms with E-state index in [1.165, 1.54) is 0 Å². The van der Waals surface area contributed by atoms with E-state index in [0.717, 1.165) is 6.54 Å². The van der Waals surface area contributed by atoms with Crippen LogP contribution in [0.2, 0.25) is 0 Å². The van der Waals surface area contributed by atoms with Crippen LogP contribution in [-0.2, 0) is 9.84 Å². The summed E-state index contributed by atoms with van der Waals surface area (Å²) in [5.41, 5.74) is -0.116. The van der Waals surface area contributed by atoms with Gasteiger partial charge in [-0.1, -0.05) is 27.7 Å². The van der Waals surface area contributed by atoms with Crippen LogP contribution in [0.4, 0.5) is 0 Å². The Balaban J connectivity index is 2.97. The number of sulfone groups is 1. The van der Waals surface area contributed by atoms with Gasteiger partial charge in [0.2, 0.25) is 0 Å². The molecule has 4 nitrogen and oxygen atoms in total. The van der Waals surface area contributed by atoms with Crippen molar-refractivity contribution < 1.29 is 13.2 Å². The van der Waals surface area contributed by atoms with Gasteiger partial charge in [-0.05, 0) is 36.2 Å². The minimum absolute atomic E-state index is 0.0837. The number of hydrogen-bond donors (Lipinski definition) is 1. The van der Waals surface area contributed by atoms with Crippen molar-refractivity contribution in [2.45, 2.75) is 38.6 Å². The van der Waals surface area contributed by atoms with Gasteiger partial charge < -0.3 is 10.1 Å². The Hall–Kier alpha value is -1.07. The molecule has 5 heteroatoms. The molecule has 0 heterocycles. The number of rotatable bonds is 6. The molecule has 0 aliphatic rings. The van der Waals surface area contributed by atoms with Crippen molar-refractivity contribution in [3.05, 3.63) is 24.3 Å². The molecule has 0 radical (unpaired) electrons. The van der Waals surface area contributed by atoms with Gasteiger partial charge in [-0.25, -0.2) is 8.42 Å². The molecule has 20 heavy (non-hydrogen) atoms. The van der Waals surface area contributed by atoms with Crippen LogP contribution in [0.1, 0.15) is 27.7 Å². The van der Waals surface area contributed by atoms with Gasteiger partial charge in [-0.15, -0.1) is 0 Å². The molecule has 1 aromatic rings. The maximum atomic E-state index is 12.5. The molecule has 0 amide bonds. The number of nitrogens with one attached hydrogen (secondary N) is 1. The molecule has 1 aromatic carbocycles. The van der Waals surface area contributed by atoms with Gasteiger partial charge in [-0.3, -0.25) is 0 Å². The van der Waals surface area contributed by atoms with Gasteiger partial charge >= 0.3 is 0 Å². The van der Waals surface area contributed by atoms with E-state index in [0.29, 0.717) is 10.6 Å². The third kappa shape index (κ3) is 4.49. The highest BCUT2D eigenvalue weighted by Crippen LogP contribution is 2.24. The monoisotopic (exact) mass is 299 g/mol. The van der Waals surface area contributed by atoms with E-state index >= 15 is 0 Å². The van der Waals surface area contributed by atoms with Crippen LogP contribution in [-0.4, -0.2) is 33.9 Å². The Labute approximate surface area is 122 Å². The van der Waals surface area contributed by atoms with Crippen molar-refractivity contribution in [3.63, 3.8) is 0 Å². The average molecular weight is 299 g/mol. The third-order valence-electron chi connectivity index (χ3n) is 3.30. The summed E-state index contributed by atoms with van der Waals surface area (Å²) in [4.78, 5) is 0.338. The van der Waals surface area contributed by atoms with E-state index in [2.05, 4.69) is 5.32 Å². The summed E-state index contributed by atoms with van der Waals surface area (Å²) in [5, 5.41) is 3.27. The van der Waals surface area contributed by atoms with Crippen molar-refractivity contribution in [2.75, 3.05) is 19.4 Å². The van der Waals surface area contributed by atoms with Crippen molar-refractivity contribution in [3.8, 4) is 5.75 Å². The topological polar surface area (TPSA) is 55.4 Å². The molecule has 0 bridgehead atoms. The SMILES string of the molecule is CCNC(CS(=O)(=O)c1ccc(OC)cc1)C(C)(C)C. The van der Waals surface area contributed by atoms with E-state index in [-0.39, 0.29) is 17.2 Å². The lowest BCUT2D eigenvalue weighted by Crippen LogP contribution is -2.45. The van der Waals surface area contributed by atoms with Gasteiger partial charge in [0.15, 0.2) is 9.84 Å². The number of ether oxygens (including phenoxy) is 1. The summed E-state index contributed by atoms with van der Waals surface area (Å²) in [7, 11) is -1.75. The fourth-order valence-electron chi connectivity index (χ4n) is 1.96. The van der Waals surface area contributed by atoms with E-state index in [1.54, 1.807) is 31.4 Å². The first kappa shape index (κ1) is 17.0. The van der Waals surface area contributed by atoms with Gasteiger partial charge in [0.05, 0.1) is 17.8 Å². The van der Waals surface area contributed by atoms with Crippen molar-refractivity contribution in [2.24, 2.45) is 5.41 Å². The Morgan fingerprint density at radius 3 is 2.15 bits per heavy atom. The van der Waals surface area contributed by atoms with Gasteiger partial charge in [0, 0.05) is 6.04 Å². The maximum Gasteiger partial charge on any atom is 0.179 e. The molecule has 1 rings (SSSR count). The van der Waals surface area contributed by atoms with E-state index in [9.17, 15) is 8.42 Å². The molecule has 0 spiro atoms. The highest BCUT2D eigenvalue weighted by atomic mass is 32.2. The average Bonchev–Trinajstić information content (AvgIpc) is 2.37. The molecule has 114 valence electrons. The Morgan fingerprint density at radius 1 is 1.20 bits per heavy atom. The van der Waals surface area contributed by atoms with Crippen LogP contribution < -0.4 is 10.1 Å². The van der Waals surface area contributed by atoms with Crippen LogP contribution in [0.25, 0.3) is 0 Å². The zero-order chi connectivity index (χ0) is 15.4. The Morgan fingerprint density at radius 2 is 1.75 bits per heavy atom. The summed E-state index contributed by atoms with van der Waals surface area (Å²) in [5.74, 6) is 0.749. The van der Waals surface area contributed by atoms with Crippen molar-refractivity contribution >= 4 is 9.84 Å². The lowest BCUT2D eigenvalue weighted by atomic mass is 9.88. The summed E-state index contributed by atoms with van der Waals surface area (Å²) in [6.45, 7) is 8.87. The normalized spacial score (nSPS) is 14.1. The second-order valence-corrected chi connectivity index (χ2v) is 7.97. The zero-order valence-electron chi connectivity index (χ0n) is 12.9. The van der Waals surface area contributed by atoms with Crippen LogP contribution in [0.15, 0.2) is 29.2 Å². The molecule has 0 aliphatic heterocycles. The molecule has 0 aromatic heterocycles. The van der Waals surface area contributed by atoms with Gasteiger partial charge in [0.25, 0.3) is 0 Å². The standard InChI is InChI=1S/C15H25NO3S/c1-6-16-14(15(2,3)4)11-20(17,18)13-9-7-12(19-5)8-10-13/h7-10,14,16H,6,11H2,1-5H3. The molecule has 0 saturated heterocycles. The number of benzene rings is 1. The van der Waals surface area contributed by atoms with E-state index in [1.807, 2.05) is 27.7 Å². The molecule has 0 fully saturated rings. The maximum absolute atomic E-state index is 12.5. The highest BCUT2D eigenvalue weighted by molar-refractivity contribution is 7.91. The minimum Gasteiger partial charge on any atom is -0.497 e. The predicted molar refractivity (Wildman–Crippen MR) is 82.0 cm³/mol. The van der Waals surface area contributed by atoms with Crippen LogP contribution in [0.3, 0.4) is 0 Å². The van der Waals surface area contributed by atoms with Crippen LogP contribution in [0, 0.1) is 5.41 Å². The molecule has 1 unspecified atom stereocenters. The fraction of sp³-hybridized carbons (Fsp3) is 0.600. The Kier molecular flexibility index (Phi) is 5.59. The van der Waals surface area contributed by atoms with Crippen molar-refractivity contribution in [1.29, 1.82) is 0 Å². The van der Waals surface area contributed by atoms with Gasteiger partial charge in [-0.2, -0.15) is 0 Å². The molecular weight excluding hydrogens is 274 g/mol. The lowest BCUT2D eigenvalue weighted by Gasteiger charge is -2.31. The second kappa shape index (κ2) is 6.59.